The first-order valence-corrected chi connectivity index (χ1v) is 5.40. The molecule has 0 bridgehead atoms. The minimum atomic E-state index is -0.0153. The van der Waals surface area contributed by atoms with Gasteiger partial charge in [0.05, 0.1) is 0 Å². The third-order valence-corrected chi connectivity index (χ3v) is 2.86. The van der Waals surface area contributed by atoms with Crippen LogP contribution in [0, 0.1) is 0 Å². The molecule has 1 aromatic rings. The molecule has 1 unspecified atom stereocenters. The Hall–Kier alpha value is -1.08. The molecule has 0 amide bonds. The lowest BCUT2D eigenvalue weighted by atomic mass is 9.77. The molecule has 0 aromatic heterocycles. The molecule has 0 radical (unpaired) electrons. The molecule has 15 heavy (non-hydrogen) atoms. The maximum Gasteiger partial charge on any atom is 0.0319 e. The van der Waals surface area contributed by atoms with Gasteiger partial charge in [-0.1, -0.05) is 55.8 Å². The Morgan fingerprint density at radius 3 is 2.20 bits per heavy atom. The summed E-state index contributed by atoms with van der Waals surface area (Å²) < 4.78 is 0. The van der Waals surface area contributed by atoms with Crippen molar-refractivity contribution in [3.63, 3.8) is 0 Å². The first-order chi connectivity index (χ1) is 6.94. The highest BCUT2D eigenvalue weighted by Gasteiger charge is 2.26. The summed E-state index contributed by atoms with van der Waals surface area (Å²) >= 11 is 0. The summed E-state index contributed by atoms with van der Waals surface area (Å²) in [5, 5.41) is 0. The smallest absolute Gasteiger partial charge is 0.0319 e. The second kappa shape index (κ2) is 4.63. The minimum absolute atomic E-state index is 0.0153. The largest absolute Gasteiger partial charge is 0.324 e. The van der Waals surface area contributed by atoms with Gasteiger partial charge < -0.3 is 5.73 Å². The van der Waals surface area contributed by atoms with E-state index < -0.39 is 0 Å². The molecule has 0 saturated heterocycles. The summed E-state index contributed by atoms with van der Waals surface area (Å²) in [7, 11) is 0. The summed E-state index contributed by atoms with van der Waals surface area (Å²) in [4.78, 5) is 0. The van der Waals surface area contributed by atoms with E-state index in [-0.39, 0.29) is 11.5 Å². The summed E-state index contributed by atoms with van der Waals surface area (Å²) in [6.07, 6.45) is 2.13. The van der Waals surface area contributed by atoms with E-state index in [1.165, 1.54) is 11.1 Å². The van der Waals surface area contributed by atoms with Crippen molar-refractivity contribution in [2.45, 2.75) is 39.2 Å². The predicted octanol–water partition coefficient (Wildman–Crippen LogP) is 3.26. The van der Waals surface area contributed by atoms with Crippen LogP contribution in [0.2, 0.25) is 0 Å². The maximum absolute atomic E-state index is 6.21. The Kier molecular flexibility index (Phi) is 3.70. The molecule has 1 heteroatoms. The molecule has 0 aliphatic carbocycles. The zero-order chi connectivity index (χ0) is 11.5. The van der Waals surface area contributed by atoms with E-state index in [0.717, 1.165) is 0 Å². The van der Waals surface area contributed by atoms with E-state index >= 15 is 0 Å². The molecule has 0 heterocycles. The fraction of sp³-hybridized carbons (Fsp3) is 0.429. The fourth-order valence-electron chi connectivity index (χ4n) is 1.63. The molecule has 2 N–H and O–H groups in total. The zero-order valence-electron chi connectivity index (χ0n) is 10.1. The topological polar surface area (TPSA) is 26.0 Å². The molecule has 0 aliphatic rings. The number of hydrogen-bond acceptors (Lipinski definition) is 1. The number of nitrogens with two attached hydrogens (primary N) is 1. The van der Waals surface area contributed by atoms with E-state index in [4.69, 9.17) is 5.73 Å². The van der Waals surface area contributed by atoms with Gasteiger partial charge >= 0.3 is 0 Å². The summed E-state index contributed by atoms with van der Waals surface area (Å²) in [5.41, 5.74) is 8.75. The van der Waals surface area contributed by atoms with Gasteiger partial charge in [-0.25, -0.2) is 0 Å². The summed E-state index contributed by atoms with van der Waals surface area (Å²) in [6.45, 7) is 8.54. The molecular formula is C14H21N. The Labute approximate surface area is 93.0 Å². The normalized spacial score (nSPS) is 13.4. The second-order valence-corrected chi connectivity index (χ2v) is 4.86. The Morgan fingerprint density at radius 2 is 1.73 bits per heavy atom. The molecule has 0 spiro atoms. The lowest BCUT2D eigenvalue weighted by molar-refractivity contribution is 0.465. The van der Waals surface area contributed by atoms with Crippen LogP contribution in [0.1, 0.15) is 33.3 Å². The van der Waals surface area contributed by atoms with Crippen LogP contribution in [0.4, 0.5) is 0 Å². The van der Waals surface area contributed by atoms with Crippen molar-refractivity contribution < 1.29 is 0 Å². The van der Waals surface area contributed by atoms with Crippen LogP contribution in [0.15, 0.2) is 42.0 Å². The van der Waals surface area contributed by atoms with Crippen LogP contribution in [-0.4, -0.2) is 6.04 Å². The monoisotopic (exact) mass is 203 g/mol. The van der Waals surface area contributed by atoms with Crippen LogP contribution >= 0.6 is 0 Å². The van der Waals surface area contributed by atoms with Gasteiger partial charge in [0.2, 0.25) is 0 Å². The molecular weight excluding hydrogens is 182 g/mol. The second-order valence-electron chi connectivity index (χ2n) is 4.86. The summed E-state index contributed by atoms with van der Waals surface area (Å²) in [6, 6.07) is 10.5. The fourth-order valence-corrected chi connectivity index (χ4v) is 1.63. The average molecular weight is 203 g/mol. The van der Waals surface area contributed by atoms with E-state index in [2.05, 4.69) is 58.0 Å². The highest BCUT2D eigenvalue weighted by Crippen LogP contribution is 2.26. The first-order valence-electron chi connectivity index (χ1n) is 5.40. The molecule has 1 aromatic carbocycles. The first kappa shape index (κ1) is 12.0. The lowest BCUT2D eigenvalue weighted by Gasteiger charge is -2.30. The maximum atomic E-state index is 6.21. The van der Waals surface area contributed by atoms with E-state index in [9.17, 15) is 0 Å². The third-order valence-electron chi connectivity index (χ3n) is 2.86. The number of allylic oxidation sites excluding steroid dienone is 1. The Bertz CT molecular complexity index is 332. The van der Waals surface area contributed by atoms with Crippen molar-refractivity contribution in [2.75, 3.05) is 0 Å². The molecule has 0 aliphatic heterocycles. The molecule has 82 valence electrons. The van der Waals surface area contributed by atoms with Gasteiger partial charge in [-0.05, 0) is 19.4 Å². The number of rotatable bonds is 3. The van der Waals surface area contributed by atoms with Crippen molar-refractivity contribution in [3.05, 3.63) is 47.5 Å². The Balaban J connectivity index is 2.97. The Morgan fingerprint density at radius 1 is 1.20 bits per heavy atom. The van der Waals surface area contributed by atoms with Crippen LogP contribution in [0.3, 0.4) is 0 Å². The van der Waals surface area contributed by atoms with Crippen molar-refractivity contribution in [1.82, 2.24) is 0 Å². The van der Waals surface area contributed by atoms with Crippen molar-refractivity contribution in [3.8, 4) is 0 Å². The van der Waals surface area contributed by atoms with E-state index in [0.29, 0.717) is 0 Å². The molecule has 1 atom stereocenters. The van der Waals surface area contributed by atoms with Crippen LogP contribution in [0.25, 0.3) is 0 Å². The van der Waals surface area contributed by atoms with E-state index in [1.807, 2.05) is 6.07 Å². The van der Waals surface area contributed by atoms with E-state index in [1.54, 1.807) is 0 Å². The SMILES string of the molecule is CC(C)=CC(N)C(C)(C)c1ccccc1. The van der Waals surface area contributed by atoms with Crippen LogP contribution in [-0.2, 0) is 5.41 Å². The van der Waals surface area contributed by atoms with Gasteiger partial charge in [-0.3, -0.25) is 0 Å². The average Bonchev–Trinajstić information content (AvgIpc) is 2.18. The van der Waals surface area contributed by atoms with Gasteiger partial charge in [0, 0.05) is 11.5 Å². The van der Waals surface area contributed by atoms with Gasteiger partial charge in [0.15, 0.2) is 0 Å². The van der Waals surface area contributed by atoms with Crippen molar-refractivity contribution in [1.29, 1.82) is 0 Å². The van der Waals surface area contributed by atoms with Crippen LogP contribution in [0.5, 0.6) is 0 Å². The van der Waals surface area contributed by atoms with Gasteiger partial charge in [-0.15, -0.1) is 0 Å². The summed E-state index contributed by atoms with van der Waals surface area (Å²) in [5.74, 6) is 0. The van der Waals surface area contributed by atoms with Gasteiger partial charge in [0.25, 0.3) is 0 Å². The van der Waals surface area contributed by atoms with Gasteiger partial charge in [-0.2, -0.15) is 0 Å². The lowest BCUT2D eigenvalue weighted by Crippen LogP contribution is -2.39. The molecule has 0 saturated carbocycles. The molecule has 0 fully saturated rings. The minimum Gasteiger partial charge on any atom is -0.324 e. The van der Waals surface area contributed by atoms with Crippen LogP contribution < -0.4 is 5.73 Å². The third kappa shape index (κ3) is 2.93. The van der Waals surface area contributed by atoms with Crippen molar-refractivity contribution in [2.24, 2.45) is 5.73 Å². The molecule has 1 nitrogen and oxygen atoms in total. The predicted molar refractivity (Wildman–Crippen MR) is 66.9 cm³/mol. The van der Waals surface area contributed by atoms with Gasteiger partial charge in [0.1, 0.15) is 0 Å². The zero-order valence-corrected chi connectivity index (χ0v) is 10.1. The molecule has 1 rings (SSSR count). The standard InChI is InChI=1S/C14H21N/c1-11(2)10-13(15)14(3,4)12-8-6-5-7-9-12/h5-10,13H,15H2,1-4H3. The highest BCUT2D eigenvalue weighted by molar-refractivity contribution is 5.28. The van der Waals surface area contributed by atoms with Crippen molar-refractivity contribution >= 4 is 0 Å². The number of hydrogen-bond donors (Lipinski definition) is 1. The number of benzene rings is 1. The quantitative estimate of drug-likeness (QED) is 0.750. The highest BCUT2D eigenvalue weighted by atomic mass is 14.7.